The molecule has 9 heteroatoms. The van der Waals surface area contributed by atoms with Gasteiger partial charge in [0.25, 0.3) is 15.9 Å². The molecule has 0 unspecified atom stereocenters. The molecule has 180 valence electrons. The van der Waals surface area contributed by atoms with Crippen molar-refractivity contribution in [2.24, 2.45) is 0 Å². The standard InChI is InChI=1S/C25H28N2O6S/c1-17-14-21(34(29,30)27-20-8-6-5-7-9-20)11-13-22(17)33-16-25(28)26-18(2)19-10-12-23(31-3)24(15-19)32-4/h5-15,18,27H,16H2,1-4H3,(H,26,28)/t18-/m0/s1. The van der Waals surface area contributed by atoms with E-state index in [0.717, 1.165) is 5.56 Å². The van der Waals surface area contributed by atoms with Crippen LogP contribution in [0.15, 0.2) is 71.6 Å². The predicted octanol–water partition coefficient (Wildman–Crippen LogP) is 4.07. The molecule has 3 aromatic rings. The van der Waals surface area contributed by atoms with Gasteiger partial charge in [0.2, 0.25) is 0 Å². The number of rotatable bonds is 10. The van der Waals surface area contributed by atoms with Crippen molar-refractivity contribution in [1.29, 1.82) is 0 Å². The Balaban J connectivity index is 1.60. The minimum atomic E-state index is -3.75. The van der Waals surface area contributed by atoms with Gasteiger partial charge in [0.1, 0.15) is 5.75 Å². The fourth-order valence-corrected chi connectivity index (χ4v) is 4.45. The Morgan fingerprint density at radius 3 is 2.24 bits per heavy atom. The van der Waals surface area contributed by atoms with Crippen LogP contribution < -0.4 is 24.2 Å². The molecule has 1 amide bonds. The maximum Gasteiger partial charge on any atom is 0.261 e. The number of aryl methyl sites for hydroxylation is 1. The largest absolute Gasteiger partial charge is 0.493 e. The van der Waals surface area contributed by atoms with Crippen LogP contribution in [0, 0.1) is 6.92 Å². The molecule has 0 saturated carbocycles. The van der Waals surface area contributed by atoms with Crippen LogP contribution in [0.1, 0.15) is 24.1 Å². The molecule has 0 aliphatic rings. The molecular weight excluding hydrogens is 456 g/mol. The van der Waals surface area contributed by atoms with Gasteiger partial charge >= 0.3 is 0 Å². The maximum absolute atomic E-state index is 12.6. The van der Waals surface area contributed by atoms with E-state index < -0.39 is 10.0 Å². The van der Waals surface area contributed by atoms with Gasteiger partial charge in [0, 0.05) is 5.69 Å². The number of carbonyl (C=O) groups is 1. The number of carbonyl (C=O) groups excluding carboxylic acids is 1. The van der Waals surface area contributed by atoms with Crippen molar-refractivity contribution < 1.29 is 27.4 Å². The normalized spacial score (nSPS) is 11.9. The number of hydrogen-bond donors (Lipinski definition) is 2. The molecular formula is C25H28N2O6S. The number of methoxy groups -OCH3 is 2. The first kappa shape index (κ1) is 24.9. The molecule has 3 aromatic carbocycles. The van der Waals surface area contributed by atoms with Gasteiger partial charge in [-0.2, -0.15) is 0 Å². The highest BCUT2D eigenvalue weighted by Crippen LogP contribution is 2.30. The number of anilines is 1. The Hall–Kier alpha value is -3.72. The average Bonchev–Trinajstić information content (AvgIpc) is 2.83. The van der Waals surface area contributed by atoms with Crippen LogP contribution in [-0.2, 0) is 14.8 Å². The van der Waals surface area contributed by atoms with Gasteiger partial charge in [-0.3, -0.25) is 9.52 Å². The molecule has 0 saturated heterocycles. The van der Waals surface area contributed by atoms with E-state index in [0.29, 0.717) is 28.5 Å². The van der Waals surface area contributed by atoms with Crippen LogP contribution in [0.25, 0.3) is 0 Å². The van der Waals surface area contributed by atoms with Gasteiger partial charge in [0.15, 0.2) is 18.1 Å². The quantitative estimate of drug-likeness (QED) is 0.450. The molecule has 0 bridgehead atoms. The van der Waals surface area contributed by atoms with Crippen molar-refractivity contribution in [2.45, 2.75) is 24.8 Å². The lowest BCUT2D eigenvalue weighted by molar-refractivity contribution is -0.123. The first-order chi connectivity index (χ1) is 16.2. The molecule has 2 N–H and O–H groups in total. The van der Waals surface area contributed by atoms with Crippen molar-refractivity contribution in [2.75, 3.05) is 25.5 Å². The maximum atomic E-state index is 12.6. The Morgan fingerprint density at radius 2 is 1.59 bits per heavy atom. The minimum Gasteiger partial charge on any atom is -0.493 e. The third-order valence-corrected chi connectivity index (χ3v) is 6.51. The first-order valence-electron chi connectivity index (χ1n) is 10.6. The second kappa shape index (κ2) is 10.9. The van der Waals surface area contributed by atoms with E-state index in [4.69, 9.17) is 14.2 Å². The fraction of sp³-hybridized carbons (Fsp3) is 0.240. The summed E-state index contributed by atoms with van der Waals surface area (Å²) >= 11 is 0. The number of nitrogens with one attached hydrogen (secondary N) is 2. The zero-order valence-corrected chi connectivity index (χ0v) is 20.3. The Bertz CT molecular complexity index is 1250. The lowest BCUT2D eigenvalue weighted by Crippen LogP contribution is -2.31. The summed E-state index contributed by atoms with van der Waals surface area (Å²) in [5.41, 5.74) is 1.92. The summed E-state index contributed by atoms with van der Waals surface area (Å²) in [6, 6.07) is 18.3. The molecule has 0 fully saturated rings. The van der Waals surface area contributed by atoms with Crippen LogP contribution in [0.3, 0.4) is 0 Å². The van der Waals surface area contributed by atoms with Crippen molar-refractivity contribution in [3.63, 3.8) is 0 Å². The third kappa shape index (κ3) is 6.20. The number of ether oxygens (including phenoxy) is 3. The molecule has 0 radical (unpaired) electrons. The lowest BCUT2D eigenvalue weighted by atomic mass is 10.1. The highest BCUT2D eigenvalue weighted by Gasteiger charge is 2.17. The van der Waals surface area contributed by atoms with Gasteiger partial charge in [-0.25, -0.2) is 8.42 Å². The van der Waals surface area contributed by atoms with Gasteiger partial charge in [-0.15, -0.1) is 0 Å². The van der Waals surface area contributed by atoms with Crippen molar-refractivity contribution in [3.05, 3.63) is 77.9 Å². The van der Waals surface area contributed by atoms with Gasteiger partial charge in [0.05, 0.1) is 25.2 Å². The topological polar surface area (TPSA) is 103 Å². The lowest BCUT2D eigenvalue weighted by Gasteiger charge is -2.17. The molecule has 0 aromatic heterocycles. The summed E-state index contributed by atoms with van der Waals surface area (Å²) in [6.07, 6.45) is 0. The zero-order valence-electron chi connectivity index (χ0n) is 19.5. The molecule has 0 aliphatic carbocycles. The third-order valence-electron chi connectivity index (χ3n) is 5.13. The van der Waals surface area contributed by atoms with Crippen molar-refractivity contribution in [1.82, 2.24) is 5.32 Å². The van der Waals surface area contributed by atoms with Crippen LogP contribution in [0.2, 0.25) is 0 Å². The summed E-state index contributed by atoms with van der Waals surface area (Å²) < 4.78 is 44.0. The Labute approximate surface area is 199 Å². The smallest absolute Gasteiger partial charge is 0.261 e. The van der Waals surface area contributed by atoms with E-state index in [9.17, 15) is 13.2 Å². The second-order valence-electron chi connectivity index (χ2n) is 7.59. The highest BCUT2D eigenvalue weighted by atomic mass is 32.2. The van der Waals surface area contributed by atoms with E-state index in [1.807, 2.05) is 13.0 Å². The van der Waals surface area contributed by atoms with Crippen LogP contribution in [-0.4, -0.2) is 35.2 Å². The highest BCUT2D eigenvalue weighted by molar-refractivity contribution is 7.92. The molecule has 3 rings (SSSR count). The van der Waals surface area contributed by atoms with Gasteiger partial charge in [-0.1, -0.05) is 24.3 Å². The number of para-hydroxylation sites is 1. The van der Waals surface area contributed by atoms with Crippen LogP contribution in [0.5, 0.6) is 17.2 Å². The monoisotopic (exact) mass is 484 g/mol. The molecule has 8 nitrogen and oxygen atoms in total. The van der Waals surface area contributed by atoms with Crippen LogP contribution in [0.4, 0.5) is 5.69 Å². The number of amides is 1. The second-order valence-corrected chi connectivity index (χ2v) is 9.27. The Morgan fingerprint density at radius 1 is 0.912 bits per heavy atom. The number of sulfonamides is 1. The first-order valence-corrected chi connectivity index (χ1v) is 12.0. The molecule has 0 spiro atoms. The summed E-state index contributed by atoms with van der Waals surface area (Å²) in [6.45, 7) is 3.36. The molecule has 34 heavy (non-hydrogen) atoms. The van der Waals surface area contributed by atoms with Crippen molar-refractivity contribution >= 4 is 21.6 Å². The van der Waals surface area contributed by atoms with Gasteiger partial charge < -0.3 is 19.5 Å². The van der Waals surface area contributed by atoms with Crippen LogP contribution >= 0.6 is 0 Å². The molecule has 0 aliphatic heterocycles. The predicted molar refractivity (Wildman–Crippen MR) is 130 cm³/mol. The fourth-order valence-electron chi connectivity index (χ4n) is 3.30. The summed E-state index contributed by atoms with van der Waals surface area (Å²) in [4.78, 5) is 12.5. The minimum absolute atomic E-state index is 0.104. The molecule has 1 atom stereocenters. The summed E-state index contributed by atoms with van der Waals surface area (Å²) in [7, 11) is -0.635. The molecule has 0 heterocycles. The van der Waals surface area contributed by atoms with E-state index in [1.54, 1.807) is 69.7 Å². The average molecular weight is 485 g/mol. The summed E-state index contributed by atoms with van der Waals surface area (Å²) in [5, 5.41) is 2.87. The van der Waals surface area contributed by atoms with E-state index >= 15 is 0 Å². The SMILES string of the molecule is COc1ccc([C@H](C)NC(=O)COc2ccc(S(=O)(=O)Nc3ccccc3)cc2C)cc1OC. The van der Waals surface area contributed by atoms with E-state index in [1.165, 1.54) is 12.1 Å². The van der Waals surface area contributed by atoms with Gasteiger partial charge in [-0.05, 0) is 67.4 Å². The number of benzene rings is 3. The summed E-state index contributed by atoms with van der Waals surface area (Å²) in [5.74, 6) is 1.29. The Kier molecular flexibility index (Phi) is 8.01. The van der Waals surface area contributed by atoms with Crippen molar-refractivity contribution in [3.8, 4) is 17.2 Å². The number of hydrogen-bond acceptors (Lipinski definition) is 6. The van der Waals surface area contributed by atoms with E-state index in [2.05, 4.69) is 10.0 Å². The zero-order chi connectivity index (χ0) is 24.7. The van der Waals surface area contributed by atoms with E-state index in [-0.39, 0.29) is 23.5 Å².